The van der Waals surface area contributed by atoms with E-state index in [0.29, 0.717) is 5.56 Å². The second-order valence-electron chi connectivity index (χ2n) is 4.96. The van der Waals surface area contributed by atoms with E-state index < -0.39 is 0 Å². The van der Waals surface area contributed by atoms with Crippen LogP contribution in [0.25, 0.3) is 22.2 Å². The summed E-state index contributed by atoms with van der Waals surface area (Å²) >= 11 is 0. The standard InChI is InChI=1S/C18H17NO2/c1-3-12-8-10-13(11-9-12)17-16(18(20)21-2)14-6-4-5-7-15(14)19-17/h4-11,19H,3H2,1-2H3. The number of hydrogen-bond donors (Lipinski definition) is 1. The van der Waals surface area contributed by atoms with Crippen molar-refractivity contribution in [3.05, 3.63) is 59.7 Å². The number of carbonyl (C=O) groups is 1. The molecule has 0 saturated carbocycles. The highest BCUT2D eigenvalue weighted by atomic mass is 16.5. The first kappa shape index (κ1) is 13.4. The lowest BCUT2D eigenvalue weighted by molar-refractivity contribution is 0.0604. The number of aromatic nitrogens is 1. The van der Waals surface area contributed by atoms with Gasteiger partial charge in [0.05, 0.1) is 18.4 Å². The highest BCUT2D eigenvalue weighted by Gasteiger charge is 2.19. The molecular formula is C18H17NO2. The minimum Gasteiger partial charge on any atom is -0.465 e. The molecule has 0 aliphatic carbocycles. The average Bonchev–Trinajstić information content (AvgIpc) is 2.93. The van der Waals surface area contributed by atoms with Crippen LogP contribution in [0.4, 0.5) is 0 Å². The molecule has 0 atom stereocenters. The molecule has 3 nitrogen and oxygen atoms in total. The third-order valence-electron chi connectivity index (χ3n) is 3.75. The van der Waals surface area contributed by atoms with Crippen molar-refractivity contribution in [3.63, 3.8) is 0 Å². The monoisotopic (exact) mass is 279 g/mol. The molecular weight excluding hydrogens is 262 g/mol. The first-order valence-electron chi connectivity index (χ1n) is 7.03. The summed E-state index contributed by atoms with van der Waals surface area (Å²) in [7, 11) is 1.41. The van der Waals surface area contributed by atoms with Gasteiger partial charge in [0.25, 0.3) is 0 Å². The lowest BCUT2D eigenvalue weighted by Gasteiger charge is -2.04. The summed E-state index contributed by atoms with van der Waals surface area (Å²) in [5.41, 5.74) is 4.61. The van der Waals surface area contributed by atoms with Crippen molar-refractivity contribution in [2.75, 3.05) is 7.11 Å². The second kappa shape index (κ2) is 5.44. The van der Waals surface area contributed by atoms with Gasteiger partial charge in [-0.3, -0.25) is 0 Å². The van der Waals surface area contributed by atoms with Crippen LogP contribution in [0, 0.1) is 0 Å². The van der Waals surface area contributed by atoms with E-state index in [1.54, 1.807) is 0 Å². The number of ether oxygens (including phenoxy) is 1. The van der Waals surface area contributed by atoms with Gasteiger partial charge in [-0.05, 0) is 23.6 Å². The third-order valence-corrected chi connectivity index (χ3v) is 3.75. The van der Waals surface area contributed by atoms with Crippen molar-refractivity contribution in [1.29, 1.82) is 0 Å². The number of rotatable bonds is 3. The van der Waals surface area contributed by atoms with Crippen LogP contribution in [0.2, 0.25) is 0 Å². The number of benzene rings is 2. The normalized spacial score (nSPS) is 10.8. The molecule has 3 rings (SSSR count). The molecule has 0 radical (unpaired) electrons. The molecule has 3 heteroatoms. The molecule has 0 amide bonds. The molecule has 3 aromatic rings. The van der Waals surface area contributed by atoms with Gasteiger partial charge in [0.2, 0.25) is 0 Å². The number of hydrogen-bond acceptors (Lipinski definition) is 2. The van der Waals surface area contributed by atoms with Gasteiger partial charge in [-0.15, -0.1) is 0 Å². The quantitative estimate of drug-likeness (QED) is 0.731. The zero-order valence-electron chi connectivity index (χ0n) is 12.1. The number of methoxy groups -OCH3 is 1. The second-order valence-corrected chi connectivity index (χ2v) is 4.96. The Bertz CT molecular complexity index is 785. The first-order valence-corrected chi connectivity index (χ1v) is 7.03. The molecule has 1 N–H and O–H groups in total. The van der Waals surface area contributed by atoms with E-state index in [1.165, 1.54) is 12.7 Å². The molecule has 0 saturated heterocycles. The molecule has 106 valence electrons. The largest absolute Gasteiger partial charge is 0.465 e. The summed E-state index contributed by atoms with van der Waals surface area (Å²) in [5, 5.41) is 0.888. The predicted octanol–water partition coefficient (Wildman–Crippen LogP) is 4.18. The topological polar surface area (TPSA) is 42.1 Å². The number of H-pyrrole nitrogens is 1. The highest BCUT2D eigenvalue weighted by molar-refractivity contribution is 6.10. The Labute approximate surface area is 123 Å². The minimum absolute atomic E-state index is 0.318. The van der Waals surface area contributed by atoms with Gasteiger partial charge in [0.15, 0.2) is 0 Å². The summed E-state index contributed by atoms with van der Waals surface area (Å²) in [4.78, 5) is 15.5. The number of fused-ring (bicyclic) bond motifs is 1. The van der Waals surface area contributed by atoms with Gasteiger partial charge in [-0.25, -0.2) is 4.79 Å². The Morgan fingerprint density at radius 1 is 1.10 bits per heavy atom. The Morgan fingerprint density at radius 2 is 1.81 bits per heavy atom. The van der Waals surface area contributed by atoms with E-state index in [0.717, 1.165) is 28.6 Å². The zero-order valence-corrected chi connectivity index (χ0v) is 12.1. The molecule has 1 aromatic heterocycles. The molecule has 0 spiro atoms. The van der Waals surface area contributed by atoms with E-state index >= 15 is 0 Å². The van der Waals surface area contributed by atoms with Gasteiger partial charge in [-0.1, -0.05) is 49.4 Å². The van der Waals surface area contributed by atoms with E-state index in [1.807, 2.05) is 36.4 Å². The van der Waals surface area contributed by atoms with Crippen LogP contribution in [-0.4, -0.2) is 18.1 Å². The van der Waals surface area contributed by atoms with Crippen LogP contribution in [0.3, 0.4) is 0 Å². The van der Waals surface area contributed by atoms with Gasteiger partial charge >= 0.3 is 5.97 Å². The molecule has 0 aliphatic rings. The van der Waals surface area contributed by atoms with Gasteiger partial charge in [0.1, 0.15) is 0 Å². The van der Waals surface area contributed by atoms with Crippen molar-refractivity contribution < 1.29 is 9.53 Å². The zero-order chi connectivity index (χ0) is 14.8. The van der Waals surface area contributed by atoms with Gasteiger partial charge in [-0.2, -0.15) is 0 Å². The number of nitrogens with one attached hydrogen (secondary N) is 1. The van der Waals surface area contributed by atoms with Crippen molar-refractivity contribution >= 4 is 16.9 Å². The number of aromatic amines is 1. The molecule has 2 aromatic carbocycles. The fraction of sp³-hybridized carbons (Fsp3) is 0.167. The van der Waals surface area contributed by atoms with Crippen LogP contribution in [0.1, 0.15) is 22.8 Å². The third kappa shape index (κ3) is 2.31. The summed E-state index contributed by atoms with van der Waals surface area (Å²) in [5.74, 6) is -0.318. The van der Waals surface area contributed by atoms with Crippen LogP contribution in [0.15, 0.2) is 48.5 Å². The maximum absolute atomic E-state index is 12.2. The maximum atomic E-state index is 12.2. The maximum Gasteiger partial charge on any atom is 0.340 e. The van der Waals surface area contributed by atoms with Crippen molar-refractivity contribution in [3.8, 4) is 11.3 Å². The van der Waals surface area contributed by atoms with E-state index in [2.05, 4.69) is 24.0 Å². The number of carbonyl (C=O) groups excluding carboxylic acids is 1. The fourth-order valence-electron chi connectivity index (χ4n) is 2.58. The smallest absolute Gasteiger partial charge is 0.340 e. The summed E-state index contributed by atoms with van der Waals surface area (Å²) < 4.78 is 4.95. The van der Waals surface area contributed by atoms with Gasteiger partial charge < -0.3 is 9.72 Å². The van der Waals surface area contributed by atoms with E-state index in [4.69, 9.17) is 4.74 Å². The highest BCUT2D eigenvalue weighted by Crippen LogP contribution is 2.31. The SMILES string of the molecule is CCc1ccc(-c2[nH]c3ccccc3c2C(=O)OC)cc1. The Hall–Kier alpha value is -2.55. The Balaban J connectivity index is 2.22. The average molecular weight is 279 g/mol. The first-order chi connectivity index (χ1) is 10.2. The van der Waals surface area contributed by atoms with E-state index in [-0.39, 0.29) is 5.97 Å². The number of esters is 1. The molecule has 0 unspecified atom stereocenters. The minimum atomic E-state index is -0.318. The summed E-state index contributed by atoms with van der Waals surface area (Å²) in [6.07, 6.45) is 0.997. The van der Waals surface area contributed by atoms with Crippen molar-refractivity contribution in [1.82, 2.24) is 4.98 Å². The Kier molecular flexibility index (Phi) is 3.48. The Morgan fingerprint density at radius 3 is 2.48 bits per heavy atom. The predicted molar refractivity (Wildman–Crippen MR) is 84.5 cm³/mol. The molecule has 0 aliphatic heterocycles. The molecule has 0 fully saturated rings. The lowest BCUT2D eigenvalue weighted by Crippen LogP contribution is -2.02. The summed E-state index contributed by atoms with van der Waals surface area (Å²) in [6.45, 7) is 2.12. The molecule has 0 bridgehead atoms. The van der Waals surface area contributed by atoms with Crippen LogP contribution >= 0.6 is 0 Å². The lowest BCUT2D eigenvalue weighted by atomic mass is 10.0. The summed E-state index contributed by atoms with van der Waals surface area (Å²) in [6, 6.07) is 16.0. The number of para-hydroxylation sites is 1. The molecule has 1 heterocycles. The van der Waals surface area contributed by atoms with E-state index in [9.17, 15) is 4.79 Å². The van der Waals surface area contributed by atoms with Crippen LogP contribution < -0.4 is 0 Å². The fourth-order valence-corrected chi connectivity index (χ4v) is 2.58. The molecule has 21 heavy (non-hydrogen) atoms. The number of aryl methyl sites for hydroxylation is 1. The van der Waals surface area contributed by atoms with Crippen LogP contribution in [-0.2, 0) is 11.2 Å². The van der Waals surface area contributed by atoms with Gasteiger partial charge in [0, 0.05) is 10.9 Å². The van der Waals surface area contributed by atoms with Crippen molar-refractivity contribution in [2.45, 2.75) is 13.3 Å². The van der Waals surface area contributed by atoms with Crippen molar-refractivity contribution in [2.24, 2.45) is 0 Å². The van der Waals surface area contributed by atoms with Crippen LogP contribution in [0.5, 0.6) is 0 Å².